The smallest absolute Gasteiger partial charge is 0.472 e. The van der Waals surface area contributed by atoms with Gasteiger partial charge < -0.3 is 24.0 Å². The van der Waals surface area contributed by atoms with E-state index in [1.807, 2.05) is 21.1 Å². The first kappa shape index (κ1) is 42.5. The number of aliphatic carboxylic acids is 1. The second kappa shape index (κ2) is 26.7. The largest absolute Gasteiger partial charge is 0.481 e. The van der Waals surface area contributed by atoms with Crippen LogP contribution in [-0.4, -0.2) is 86.8 Å². The molecule has 0 saturated carbocycles. The van der Waals surface area contributed by atoms with Crippen molar-refractivity contribution in [3.63, 3.8) is 0 Å². The Balaban J connectivity index is 5.03. The first-order valence-corrected chi connectivity index (χ1v) is 18.8. The number of quaternary nitrogens is 1. The van der Waals surface area contributed by atoms with Crippen molar-refractivity contribution in [1.82, 2.24) is 0 Å². The highest BCUT2D eigenvalue weighted by Crippen LogP contribution is 2.43. The summed E-state index contributed by atoms with van der Waals surface area (Å²) in [6.07, 6.45) is 19.3. The van der Waals surface area contributed by atoms with Crippen LogP contribution in [0.5, 0.6) is 0 Å². The van der Waals surface area contributed by atoms with Gasteiger partial charge in [0.25, 0.3) is 0 Å². The topological polar surface area (TPSA) is 112 Å². The Labute approximate surface area is 264 Å². The van der Waals surface area contributed by atoms with Gasteiger partial charge in [-0.05, 0) is 31.6 Å². The fourth-order valence-corrected chi connectivity index (χ4v) is 5.66. The minimum absolute atomic E-state index is 0.0867. The minimum Gasteiger partial charge on any atom is -0.481 e. The van der Waals surface area contributed by atoms with Gasteiger partial charge in [0.2, 0.25) is 0 Å². The normalized spacial score (nSPS) is 15.7. The molecule has 2 N–H and O–H groups in total. The highest BCUT2D eigenvalue weighted by Gasteiger charge is 2.26. The summed E-state index contributed by atoms with van der Waals surface area (Å²) in [4.78, 5) is 21.1. The zero-order valence-electron chi connectivity index (χ0n) is 28.7. The lowest BCUT2D eigenvalue weighted by atomic mass is 9.93. The van der Waals surface area contributed by atoms with Crippen LogP contribution in [-0.2, 0) is 27.9 Å². The van der Waals surface area contributed by atoms with E-state index >= 15 is 0 Å². The van der Waals surface area contributed by atoms with E-state index in [1.165, 1.54) is 77.0 Å². The number of rotatable bonds is 32. The number of carbonyl (C=O) groups is 1. The SMILES string of the molecule is CCCCCCCCCCCC(OC[C@H](COP(=O)(O)OCC[N+](C)(C)C)OCCCCC(=O)O)C(C)CCCCCC. The van der Waals surface area contributed by atoms with Crippen molar-refractivity contribution in [2.24, 2.45) is 5.92 Å². The van der Waals surface area contributed by atoms with Gasteiger partial charge >= 0.3 is 13.8 Å². The highest BCUT2D eigenvalue weighted by atomic mass is 31.2. The Morgan fingerprint density at radius 3 is 1.86 bits per heavy atom. The van der Waals surface area contributed by atoms with Gasteiger partial charge in [0.15, 0.2) is 0 Å². The molecule has 9 nitrogen and oxygen atoms in total. The fourth-order valence-electron chi connectivity index (χ4n) is 4.92. The second-order valence-electron chi connectivity index (χ2n) is 13.3. The van der Waals surface area contributed by atoms with Gasteiger partial charge in [0.1, 0.15) is 19.3 Å². The molecule has 0 amide bonds. The van der Waals surface area contributed by atoms with Gasteiger partial charge in [-0.1, -0.05) is 104 Å². The Hall–Kier alpha value is -0.540. The molecule has 0 aliphatic rings. The second-order valence-corrected chi connectivity index (χ2v) is 14.7. The van der Waals surface area contributed by atoms with Crippen LogP contribution in [0.2, 0.25) is 0 Å². The number of likely N-dealkylation sites (N-methyl/N-ethyl adjacent to an activating group) is 1. The van der Waals surface area contributed by atoms with Crippen molar-refractivity contribution < 1.29 is 42.4 Å². The van der Waals surface area contributed by atoms with Crippen LogP contribution in [0.4, 0.5) is 0 Å². The fraction of sp³-hybridized carbons (Fsp3) is 0.970. The molecule has 4 atom stereocenters. The quantitative estimate of drug-likeness (QED) is 0.0429. The van der Waals surface area contributed by atoms with Crippen LogP contribution in [0, 0.1) is 5.92 Å². The van der Waals surface area contributed by atoms with Crippen LogP contribution in [0.1, 0.15) is 136 Å². The zero-order valence-corrected chi connectivity index (χ0v) is 29.6. The summed E-state index contributed by atoms with van der Waals surface area (Å²) in [6, 6.07) is 0. The van der Waals surface area contributed by atoms with Crippen LogP contribution in [0.15, 0.2) is 0 Å². The molecule has 3 unspecified atom stereocenters. The summed E-state index contributed by atoms with van der Waals surface area (Å²) >= 11 is 0. The predicted octanol–water partition coefficient (Wildman–Crippen LogP) is 8.38. The lowest BCUT2D eigenvalue weighted by Gasteiger charge is -2.28. The van der Waals surface area contributed by atoms with Gasteiger partial charge in [-0.3, -0.25) is 13.8 Å². The van der Waals surface area contributed by atoms with Gasteiger partial charge in [0, 0.05) is 13.0 Å². The number of ether oxygens (including phenoxy) is 2. The van der Waals surface area contributed by atoms with Crippen LogP contribution in [0.3, 0.4) is 0 Å². The Bertz CT molecular complexity index is 703. The van der Waals surface area contributed by atoms with E-state index in [1.54, 1.807) is 0 Å². The third-order valence-corrected chi connectivity index (χ3v) is 8.80. The van der Waals surface area contributed by atoms with Crippen LogP contribution < -0.4 is 0 Å². The maximum absolute atomic E-state index is 12.5. The zero-order chi connectivity index (χ0) is 32.4. The molecule has 0 radical (unpaired) electrons. The van der Waals surface area contributed by atoms with Crippen LogP contribution in [0.25, 0.3) is 0 Å². The van der Waals surface area contributed by atoms with E-state index in [-0.39, 0.29) is 32.3 Å². The number of carboxylic acids is 1. The first-order valence-electron chi connectivity index (χ1n) is 17.3. The lowest BCUT2D eigenvalue weighted by molar-refractivity contribution is -0.870. The van der Waals surface area contributed by atoms with E-state index in [9.17, 15) is 14.3 Å². The summed E-state index contributed by atoms with van der Waals surface area (Å²) in [5, 5.41) is 8.91. The van der Waals surface area contributed by atoms with Crippen molar-refractivity contribution in [3.8, 4) is 0 Å². The number of hydrogen-bond acceptors (Lipinski definition) is 6. The summed E-state index contributed by atoms with van der Waals surface area (Å²) in [5.41, 5.74) is 0. The predicted molar refractivity (Wildman–Crippen MR) is 175 cm³/mol. The third-order valence-electron chi connectivity index (χ3n) is 7.81. The summed E-state index contributed by atoms with van der Waals surface area (Å²) in [5.74, 6) is -0.423. The van der Waals surface area contributed by atoms with Gasteiger partial charge in [-0.25, -0.2) is 4.57 Å². The molecule has 0 heterocycles. The number of nitrogens with zero attached hydrogens (tertiary/aromatic N) is 1. The number of phosphoric acid groups is 1. The average molecular weight is 639 g/mol. The van der Waals surface area contributed by atoms with Crippen molar-refractivity contribution >= 4 is 13.8 Å². The molecule has 0 aliphatic carbocycles. The van der Waals surface area contributed by atoms with E-state index < -0.39 is 19.9 Å². The summed E-state index contributed by atoms with van der Waals surface area (Å²) in [7, 11) is 1.70. The molecule has 0 spiro atoms. The molecule has 0 saturated heterocycles. The maximum atomic E-state index is 12.5. The van der Waals surface area contributed by atoms with Crippen molar-refractivity contribution in [3.05, 3.63) is 0 Å². The highest BCUT2D eigenvalue weighted by molar-refractivity contribution is 7.47. The van der Waals surface area contributed by atoms with E-state index in [0.717, 1.165) is 19.3 Å². The van der Waals surface area contributed by atoms with Gasteiger partial charge in [0.05, 0.1) is 40.5 Å². The maximum Gasteiger partial charge on any atom is 0.472 e. The molecule has 0 rings (SSSR count). The Kier molecular flexibility index (Phi) is 26.3. The Morgan fingerprint density at radius 2 is 1.28 bits per heavy atom. The molecule has 0 aromatic carbocycles. The van der Waals surface area contributed by atoms with Crippen molar-refractivity contribution in [2.45, 2.75) is 149 Å². The molecule has 0 aromatic rings. The number of hydrogen-bond donors (Lipinski definition) is 2. The van der Waals surface area contributed by atoms with Crippen molar-refractivity contribution in [2.75, 3.05) is 54.1 Å². The summed E-state index contributed by atoms with van der Waals surface area (Å²) < 4.78 is 36.1. The monoisotopic (exact) mass is 638 g/mol. The molecular weight excluding hydrogens is 569 g/mol. The Morgan fingerprint density at radius 1 is 0.721 bits per heavy atom. The minimum atomic E-state index is -4.24. The molecule has 0 bridgehead atoms. The van der Waals surface area contributed by atoms with Crippen molar-refractivity contribution in [1.29, 1.82) is 0 Å². The third kappa shape index (κ3) is 28.7. The van der Waals surface area contributed by atoms with E-state index in [4.69, 9.17) is 23.6 Å². The molecular formula is C33H69NO8P+. The first-order chi connectivity index (χ1) is 20.4. The number of carboxylic acid groups (broad SMARTS) is 1. The van der Waals surface area contributed by atoms with E-state index in [0.29, 0.717) is 36.4 Å². The molecule has 10 heteroatoms. The van der Waals surface area contributed by atoms with Crippen LogP contribution >= 0.6 is 7.82 Å². The molecule has 0 aliphatic heterocycles. The standard InChI is InChI=1S/C33H68NO8P/c1-7-9-11-13-14-15-16-17-19-23-32(30(3)22-18-12-10-8-2)40-28-31(39-26-21-20-24-33(35)36)29-42-43(37,38)41-27-25-34(4,5)6/h30-32H,7-29H2,1-6H3,(H-,35,36,37,38)/p+1/t30?,31-,32?/m1/s1. The average Bonchev–Trinajstić information content (AvgIpc) is 2.92. The van der Waals surface area contributed by atoms with Gasteiger partial charge in [-0.15, -0.1) is 0 Å². The van der Waals surface area contributed by atoms with E-state index in [2.05, 4.69) is 20.8 Å². The van der Waals surface area contributed by atoms with Gasteiger partial charge in [-0.2, -0.15) is 0 Å². The molecule has 258 valence electrons. The summed E-state index contributed by atoms with van der Waals surface area (Å²) in [6.45, 7) is 7.86. The number of unbranched alkanes of at least 4 members (excludes halogenated alkanes) is 12. The molecule has 0 fully saturated rings. The molecule has 0 aromatic heterocycles. The lowest BCUT2D eigenvalue weighted by Crippen LogP contribution is -2.37. The molecule has 43 heavy (non-hydrogen) atoms. The number of phosphoric ester groups is 1.